The molecular formula is C11H19NO4S. The summed E-state index contributed by atoms with van der Waals surface area (Å²) in [7, 11) is -2.96. The van der Waals surface area contributed by atoms with E-state index >= 15 is 0 Å². The average molecular weight is 261 g/mol. The zero-order chi connectivity index (χ0) is 12.6. The second-order valence-electron chi connectivity index (χ2n) is 5.34. The van der Waals surface area contributed by atoms with Gasteiger partial charge in [0.05, 0.1) is 11.7 Å². The van der Waals surface area contributed by atoms with Crippen LogP contribution in [0.4, 0.5) is 0 Å². The molecule has 0 radical (unpaired) electrons. The smallest absolute Gasteiger partial charge is 0.308 e. The van der Waals surface area contributed by atoms with Gasteiger partial charge in [-0.1, -0.05) is 0 Å². The van der Waals surface area contributed by atoms with Crippen LogP contribution in [0.1, 0.15) is 12.8 Å². The highest BCUT2D eigenvalue weighted by Gasteiger charge is 2.45. The van der Waals surface area contributed by atoms with E-state index in [1.54, 1.807) is 0 Å². The van der Waals surface area contributed by atoms with Crippen LogP contribution in [0, 0.1) is 17.8 Å². The first-order chi connectivity index (χ1) is 7.87. The summed E-state index contributed by atoms with van der Waals surface area (Å²) < 4.78 is 22.2. The van der Waals surface area contributed by atoms with Crippen molar-refractivity contribution in [2.75, 3.05) is 31.6 Å². The number of rotatable bonds is 5. The second-order valence-corrected chi connectivity index (χ2v) is 7.60. The van der Waals surface area contributed by atoms with Crippen LogP contribution in [-0.4, -0.2) is 56.0 Å². The average Bonchev–Trinajstić information content (AvgIpc) is 2.94. The van der Waals surface area contributed by atoms with Crippen LogP contribution in [0.25, 0.3) is 0 Å². The van der Waals surface area contributed by atoms with Crippen molar-refractivity contribution >= 4 is 15.8 Å². The molecule has 17 heavy (non-hydrogen) atoms. The molecular weight excluding hydrogens is 242 g/mol. The van der Waals surface area contributed by atoms with E-state index in [-0.39, 0.29) is 17.6 Å². The Morgan fingerprint density at radius 1 is 1.35 bits per heavy atom. The minimum atomic E-state index is -2.96. The minimum absolute atomic E-state index is 0.122. The fourth-order valence-corrected chi connectivity index (χ4v) is 3.24. The lowest BCUT2D eigenvalue weighted by molar-refractivity contribution is -0.142. The predicted molar refractivity (Wildman–Crippen MR) is 63.5 cm³/mol. The quantitative estimate of drug-likeness (QED) is 0.758. The standard InChI is InChI=1S/C11H19NO4S/c1-17(15,16)5-4-12-6-9(8-2-3-8)10(7-12)11(13)14/h8-10H,2-7H2,1H3,(H,13,14). The van der Waals surface area contributed by atoms with Crippen LogP contribution in [0.15, 0.2) is 0 Å². The first-order valence-electron chi connectivity index (χ1n) is 6.00. The Balaban J connectivity index is 1.92. The van der Waals surface area contributed by atoms with Gasteiger partial charge in [-0.05, 0) is 24.7 Å². The van der Waals surface area contributed by atoms with Gasteiger partial charge < -0.3 is 10.0 Å². The lowest BCUT2D eigenvalue weighted by Crippen LogP contribution is -2.28. The molecule has 0 aromatic carbocycles. The van der Waals surface area contributed by atoms with Gasteiger partial charge in [0.25, 0.3) is 0 Å². The van der Waals surface area contributed by atoms with E-state index in [4.69, 9.17) is 5.11 Å². The molecule has 2 atom stereocenters. The summed E-state index contributed by atoms with van der Waals surface area (Å²) in [6.07, 6.45) is 3.48. The number of hydrogen-bond donors (Lipinski definition) is 1. The molecule has 1 heterocycles. The second kappa shape index (κ2) is 4.57. The fraction of sp³-hybridized carbons (Fsp3) is 0.909. The Bertz CT molecular complexity index is 402. The number of carboxylic acids is 1. The molecule has 1 aliphatic carbocycles. The van der Waals surface area contributed by atoms with Crippen LogP contribution in [0.5, 0.6) is 0 Å². The van der Waals surface area contributed by atoms with Crippen molar-refractivity contribution in [2.45, 2.75) is 12.8 Å². The summed E-state index contributed by atoms with van der Waals surface area (Å²) in [4.78, 5) is 13.1. The van der Waals surface area contributed by atoms with E-state index in [0.29, 0.717) is 19.0 Å². The SMILES string of the molecule is CS(=O)(=O)CCN1CC(C(=O)O)C(C2CC2)C1. The molecule has 0 amide bonds. The maximum atomic E-state index is 11.1. The topological polar surface area (TPSA) is 74.7 Å². The summed E-state index contributed by atoms with van der Waals surface area (Å²) in [5, 5.41) is 9.16. The molecule has 2 fully saturated rings. The molecule has 0 spiro atoms. The molecule has 0 bridgehead atoms. The van der Waals surface area contributed by atoms with E-state index in [1.165, 1.54) is 6.26 Å². The fourth-order valence-electron chi connectivity index (χ4n) is 2.65. The molecule has 2 rings (SSSR count). The number of aliphatic carboxylic acids is 1. The Morgan fingerprint density at radius 3 is 2.47 bits per heavy atom. The number of carboxylic acid groups (broad SMARTS) is 1. The van der Waals surface area contributed by atoms with Crippen LogP contribution in [0.3, 0.4) is 0 Å². The highest BCUT2D eigenvalue weighted by Crippen LogP contribution is 2.43. The Morgan fingerprint density at radius 2 is 2.00 bits per heavy atom. The van der Waals surface area contributed by atoms with E-state index < -0.39 is 15.8 Å². The number of nitrogens with zero attached hydrogens (tertiary/aromatic N) is 1. The van der Waals surface area contributed by atoms with E-state index in [1.807, 2.05) is 4.90 Å². The van der Waals surface area contributed by atoms with Crippen molar-refractivity contribution < 1.29 is 18.3 Å². The number of hydrogen-bond acceptors (Lipinski definition) is 4. The van der Waals surface area contributed by atoms with E-state index in [2.05, 4.69) is 0 Å². The Kier molecular flexibility index (Phi) is 3.45. The van der Waals surface area contributed by atoms with Crippen molar-refractivity contribution in [3.05, 3.63) is 0 Å². The minimum Gasteiger partial charge on any atom is -0.481 e. The predicted octanol–water partition coefficient (Wildman–Crippen LogP) is 0.0736. The van der Waals surface area contributed by atoms with Crippen molar-refractivity contribution in [1.82, 2.24) is 4.90 Å². The van der Waals surface area contributed by atoms with Gasteiger partial charge in [0, 0.05) is 25.9 Å². The molecule has 0 aromatic heterocycles. The van der Waals surface area contributed by atoms with Crippen LogP contribution >= 0.6 is 0 Å². The zero-order valence-corrected chi connectivity index (χ0v) is 10.8. The van der Waals surface area contributed by atoms with Gasteiger partial charge in [0.1, 0.15) is 9.84 Å². The van der Waals surface area contributed by atoms with Gasteiger partial charge in [-0.2, -0.15) is 0 Å². The normalized spacial score (nSPS) is 30.6. The summed E-state index contributed by atoms with van der Waals surface area (Å²) in [6, 6.07) is 0. The van der Waals surface area contributed by atoms with E-state index in [9.17, 15) is 13.2 Å². The number of carbonyl (C=O) groups is 1. The third kappa shape index (κ3) is 3.42. The molecule has 2 aliphatic rings. The van der Waals surface area contributed by atoms with Gasteiger partial charge in [0.2, 0.25) is 0 Å². The lowest BCUT2D eigenvalue weighted by atomic mass is 9.92. The van der Waals surface area contributed by atoms with E-state index in [0.717, 1.165) is 19.4 Å². The summed E-state index contributed by atoms with van der Waals surface area (Å²) in [5.74, 6) is -0.131. The summed E-state index contributed by atoms with van der Waals surface area (Å²) in [5.41, 5.74) is 0. The van der Waals surface area contributed by atoms with Gasteiger partial charge in [-0.25, -0.2) is 8.42 Å². The summed E-state index contributed by atoms with van der Waals surface area (Å²) in [6.45, 7) is 1.72. The third-order valence-electron chi connectivity index (χ3n) is 3.76. The van der Waals surface area contributed by atoms with Gasteiger partial charge in [0.15, 0.2) is 0 Å². The Hall–Kier alpha value is -0.620. The molecule has 98 valence electrons. The van der Waals surface area contributed by atoms with Gasteiger partial charge >= 0.3 is 5.97 Å². The van der Waals surface area contributed by atoms with Crippen molar-refractivity contribution in [3.8, 4) is 0 Å². The maximum Gasteiger partial charge on any atom is 0.308 e. The van der Waals surface area contributed by atoms with Crippen molar-refractivity contribution in [3.63, 3.8) is 0 Å². The lowest BCUT2D eigenvalue weighted by Gasteiger charge is -2.14. The molecule has 1 N–H and O–H groups in total. The first kappa shape index (κ1) is 12.8. The highest BCUT2D eigenvalue weighted by molar-refractivity contribution is 7.90. The Labute approximate surface area is 102 Å². The van der Waals surface area contributed by atoms with Crippen molar-refractivity contribution in [2.24, 2.45) is 17.8 Å². The number of likely N-dealkylation sites (tertiary alicyclic amines) is 1. The van der Waals surface area contributed by atoms with Crippen molar-refractivity contribution in [1.29, 1.82) is 0 Å². The number of sulfone groups is 1. The molecule has 1 saturated heterocycles. The molecule has 0 aromatic rings. The molecule has 2 unspecified atom stereocenters. The van der Waals surface area contributed by atoms with Crippen LogP contribution < -0.4 is 0 Å². The van der Waals surface area contributed by atoms with Gasteiger partial charge in [-0.3, -0.25) is 4.79 Å². The maximum absolute atomic E-state index is 11.1. The first-order valence-corrected chi connectivity index (χ1v) is 8.06. The highest BCUT2D eigenvalue weighted by atomic mass is 32.2. The molecule has 1 aliphatic heterocycles. The largest absolute Gasteiger partial charge is 0.481 e. The molecule has 1 saturated carbocycles. The monoisotopic (exact) mass is 261 g/mol. The van der Waals surface area contributed by atoms with Crippen LogP contribution in [0.2, 0.25) is 0 Å². The molecule has 5 nitrogen and oxygen atoms in total. The molecule has 6 heteroatoms. The van der Waals surface area contributed by atoms with Crippen LogP contribution in [-0.2, 0) is 14.6 Å². The third-order valence-corrected chi connectivity index (χ3v) is 4.69. The van der Waals surface area contributed by atoms with Gasteiger partial charge in [-0.15, -0.1) is 0 Å². The summed E-state index contributed by atoms with van der Waals surface area (Å²) >= 11 is 0. The zero-order valence-electron chi connectivity index (χ0n) is 10.0.